The summed E-state index contributed by atoms with van der Waals surface area (Å²) in [5.41, 5.74) is 0. The number of hydrogen-bond donors (Lipinski definition) is 0. The predicted molar refractivity (Wildman–Crippen MR) is 357 cm³/mol. The number of hydrogen-bond acceptors (Lipinski definition) is 6. The Labute approximate surface area is 508 Å². The molecule has 6 nitrogen and oxygen atoms in total. The molecule has 0 spiro atoms. The van der Waals surface area contributed by atoms with E-state index in [4.69, 9.17) is 14.2 Å². The van der Waals surface area contributed by atoms with E-state index in [-0.39, 0.29) is 31.1 Å². The molecule has 0 saturated heterocycles. The van der Waals surface area contributed by atoms with Crippen LogP contribution >= 0.6 is 0 Å². The molecule has 0 aromatic carbocycles. The fourth-order valence-electron chi connectivity index (χ4n) is 10.1. The lowest BCUT2D eigenvalue weighted by molar-refractivity contribution is -0.167. The third-order valence-corrected chi connectivity index (χ3v) is 15.3. The average molecular weight is 1140 g/mol. The Balaban J connectivity index is 4.04. The minimum atomic E-state index is -0.775. The fourth-order valence-corrected chi connectivity index (χ4v) is 10.1. The van der Waals surface area contributed by atoms with Crippen LogP contribution in [-0.2, 0) is 28.6 Å². The van der Waals surface area contributed by atoms with Gasteiger partial charge in [0.1, 0.15) is 13.2 Å². The summed E-state index contributed by atoms with van der Waals surface area (Å²) in [5.74, 6) is -0.874. The van der Waals surface area contributed by atoms with Crippen LogP contribution in [0.5, 0.6) is 0 Å². The van der Waals surface area contributed by atoms with Crippen LogP contribution in [-0.4, -0.2) is 37.2 Å². The zero-order valence-electron chi connectivity index (χ0n) is 54.2. The van der Waals surface area contributed by atoms with E-state index in [1.54, 1.807) is 0 Å². The lowest BCUT2D eigenvalue weighted by Gasteiger charge is -2.18. The highest BCUT2D eigenvalue weighted by Crippen LogP contribution is 2.17. The van der Waals surface area contributed by atoms with E-state index < -0.39 is 6.10 Å². The normalized spacial score (nSPS) is 12.7. The van der Waals surface area contributed by atoms with E-state index in [1.807, 2.05) is 0 Å². The minimum absolute atomic E-state index is 0.0750. The molecule has 6 heteroatoms. The van der Waals surface area contributed by atoms with Gasteiger partial charge in [-0.2, -0.15) is 0 Å². The van der Waals surface area contributed by atoms with Crippen molar-refractivity contribution in [3.63, 3.8) is 0 Å². The van der Waals surface area contributed by atoms with Crippen molar-refractivity contribution in [1.82, 2.24) is 0 Å². The SMILES string of the molecule is CC/C=C\C/C=C\C/C=C\C/C=C\C/C=C\C/C=C\C/C=C\CCCCCCCCCCCCCC(=O)OCC(COC(=O)CCCCCCCC)OC(=O)CCCCCCCCCCCCCCC/C=C\CCCCCCCCCC. The minimum Gasteiger partial charge on any atom is -0.462 e. The number of esters is 3. The van der Waals surface area contributed by atoms with E-state index >= 15 is 0 Å². The van der Waals surface area contributed by atoms with Gasteiger partial charge < -0.3 is 14.2 Å². The van der Waals surface area contributed by atoms with Crippen molar-refractivity contribution in [2.75, 3.05) is 13.2 Å². The van der Waals surface area contributed by atoms with Gasteiger partial charge in [-0.1, -0.05) is 323 Å². The molecule has 0 rings (SSSR count). The fraction of sp³-hybridized carbons (Fsp3) is 0.750. The number of ether oxygens (including phenoxy) is 3. The third kappa shape index (κ3) is 67.1. The highest BCUT2D eigenvalue weighted by atomic mass is 16.6. The standard InChI is InChI=1S/C76H132O6/c1-4-7-10-13-16-18-20-22-24-26-28-30-32-34-35-36-37-38-39-40-41-43-44-46-48-50-52-54-56-58-60-63-66-69-75(78)81-72-73(71-80-74(77)68-65-62-15-12-9-6-3)82-76(79)70-67-64-61-59-57-55-53-51-49-47-45-42-33-31-29-27-25-23-21-19-17-14-11-8-5-2/h7,10,16,18,22,24,27-30,34-35,37-38,40-41,73H,4-6,8-9,11-15,17,19-21,23,25-26,31-33,36,39,42-72H2,1-3H3/b10-7-,18-16-,24-22-,29-27-,30-28-,35-34-,38-37-,41-40-. The second kappa shape index (κ2) is 69.8. The zero-order valence-corrected chi connectivity index (χ0v) is 54.2. The second-order valence-corrected chi connectivity index (χ2v) is 23.4. The molecular weight excluding hydrogens is 1010 g/mol. The molecule has 0 aromatic heterocycles. The molecule has 0 aliphatic carbocycles. The molecule has 0 aliphatic rings. The van der Waals surface area contributed by atoms with Crippen molar-refractivity contribution in [3.8, 4) is 0 Å². The molecule has 0 N–H and O–H groups in total. The van der Waals surface area contributed by atoms with Crippen LogP contribution in [0.1, 0.15) is 348 Å². The van der Waals surface area contributed by atoms with E-state index in [9.17, 15) is 14.4 Å². The van der Waals surface area contributed by atoms with Crippen molar-refractivity contribution < 1.29 is 28.6 Å². The quantitative estimate of drug-likeness (QED) is 0.0261. The van der Waals surface area contributed by atoms with E-state index in [2.05, 4.69) is 118 Å². The van der Waals surface area contributed by atoms with Crippen molar-refractivity contribution in [2.24, 2.45) is 0 Å². The maximum absolute atomic E-state index is 12.9. The van der Waals surface area contributed by atoms with Gasteiger partial charge in [0.25, 0.3) is 0 Å². The Morgan fingerprint density at radius 2 is 0.476 bits per heavy atom. The van der Waals surface area contributed by atoms with Crippen LogP contribution < -0.4 is 0 Å². The molecule has 1 unspecified atom stereocenters. The lowest BCUT2D eigenvalue weighted by atomic mass is 10.0. The van der Waals surface area contributed by atoms with Gasteiger partial charge in [-0.25, -0.2) is 0 Å². The van der Waals surface area contributed by atoms with Crippen LogP contribution in [0.15, 0.2) is 97.2 Å². The lowest BCUT2D eigenvalue weighted by Crippen LogP contribution is -2.30. The van der Waals surface area contributed by atoms with Crippen molar-refractivity contribution >= 4 is 17.9 Å². The molecule has 0 fully saturated rings. The number of rotatable bonds is 64. The van der Waals surface area contributed by atoms with Crippen molar-refractivity contribution in [3.05, 3.63) is 97.2 Å². The topological polar surface area (TPSA) is 78.9 Å². The number of allylic oxidation sites excluding steroid dienone is 16. The van der Waals surface area contributed by atoms with Crippen LogP contribution in [0, 0.1) is 0 Å². The Kier molecular flexibility index (Phi) is 66.7. The van der Waals surface area contributed by atoms with Gasteiger partial charge in [0, 0.05) is 19.3 Å². The Hall–Kier alpha value is -3.67. The second-order valence-electron chi connectivity index (χ2n) is 23.4. The summed E-state index contributed by atoms with van der Waals surface area (Å²) in [7, 11) is 0. The first-order valence-corrected chi connectivity index (χ1v) is 35.2. The van der Waals surface area contributed by atoms with Gasteiger partial charge in [0.15, 0.2) is 6.10 Å². The first kappa shape index (κ1) is 78.3. The van der Waals surface area contributed by atoms with Gasteiger partial charge in [0.2, 0.25) is 0 Å². The summed E-state index contributed by atoms with van der Waals surface area (Å²) >= 11 is 0. The Morgan fingerprint density at radius 3 is 0.756 bits per heavy atom. The van der Waals surface area contributed by atoms with Crippen molar-refractivity contribution in [2.45, 2.75) is 354 Å². The number of carbonyl (C=O) groups excluding carboxylic acids is 3. The van der Waals surface area contributed by atoms with Gasteiger partial charge in [-0.05, 0) is 103 Å². The van der Waals surface area contributed by atoms with Gasteiger partial charge in [0.05, 0.1) is 0 Å². The predicted octanol–water partition coefficient (Wildman–Crippen LogP) is 24.4. The molecule has 82 heavy (non-hydrogen) atoms. The third-order valence-electron chi connectivity index (χ3n) is 15.3. The molecule has 0 aliphatic heterocycles. The highest BCUT2D eigenvalue weighted by Gasteiger charge is 2.19. The molecular formula is C76H132O6. The molecule has 0 radical (unpaired) electrons. The smallest absolute Gasteiger partial charge is 0.306 e. The summed E-state index contributed by atoms with van der Waals surface area (Å²) in [4.78, 5) is 38.1. The van der Waals surface area contributed by atoms with Crippen LogP contribution in [0.3, 0.4) is 0 Å². The maximum Gasteiger partial charge on any atom is 0.306 e. The van der Waals surface area contributed by atoms with Crippen LogP contribution in [0.4, 0.5) is 0 Å². The summed E-state index contributed by atoms with van der Waals surface area (Å²) < 4.78 is 16.9. The summed E-state index contributed by atoms with van der Waals surface area (Å²) in [6, 6.07) is 0. The molecule has 472 valence electrons. The van der Waals surface area contributed by atoms with E-state index in [1.165, 1.54) is 205 Å². The molecule has 0 heterocycles. The van der Waals surface area contributed by atoms with Gasteiger partial charge >= 0.3 is 17.9 Å². The monoisotopic (exact) mass is 1140 g/mol. The van der Waals surface area contributed by atoms with E-state index in [0.29, 0.717) is 19.3 Å². The summed E-state index contributed by atoms with van der Waals surface area (Å²) in [6.45, 7) is 6.50. The summed E-state index contributed by atoms with van der Waals surface area (Å²) in [5, 5.41) is 0. The molecule has 0 bridgehead atoms. The average Bonchev–Trinajstić information content (AvgIpc) is 3.47. The summed E-state index contributed by atoms with van der Waals surface area (Å²) in [6.07, 6.45) is 94.7. The molecule has 0 saturated carbocycles. The van der Waals surface area contributed by atoms with Crippen molar-refractivity contribution in [1.29, 1.82) is 0 Å². The maximum atomic E-state index is 12.9. The van der Waals surface area contributed by atoms with Gasteiger partial charge in [-0.15, -0.1) is 0 Å². The van der Waals surface area contributed by atoms with Gasteiger partial charge in [-0.3, -0.25) is 14.4 Å². The first-order chi connectivity index (χ1) is 40.5. The number of carbonyl (C=O) groups is 3. The molecule has 0 aromatic rings. The zero-order chi connectivity index (χ0) is 59.2. The van der Waals surface area contributed by atoms with Crippen LogP contribution in [0.25, 0.3) is 0 Å². The highest BCUT2D eigenvalue weighted by molar-refractivity contribution is 5.71. The molecule has 1 atom stereocenters. The Morgan fingerprint density at radius 1 is 0.256 bits per heavy atom. The van der Waals surface area contributed by atoms with E-state index in [0.717, 1.165) is 103 Å². The first-order valence-electron chi connectivity index (χ1n) is 35.2. The number of unbranched alkanes of at least 4 members (excludes halogenated alkanes) is 37. The Bertz CT molecular complexity index is 1590. The molecule has 0 amide bonds. The largest absolute Gasteiger partial charge is 0.462 e. The van der Waals surface area contributed by atoms with Crippen LogP contribution in [0.2, 0.25) is 0 Å².